The van der Waals surface area contributed by atoms with Crippen molar-refractivity contribution in [3.8, 4) is 0 Å². The number of aliphatic carboxylic acids is 1. The van der Waals surface area contributed by atoms with Crippen LogP contribution in [0.5, 0.6) is 0 Å². The fourth-order valence-corrected chi connectivity index (χ4v) is 2.75. The van der Waals surface area contributed by atoms with Crippen LogP contribution in [0.15, 0.2) is 24.3 Å². The lowest BCUT2D eigenvalue weighted by molar-refractivity contribution is -0.131. The van der Waals surface area contributed by atoms with Gasteiger partial charge in [-0.3, -0.25) is 4.79 Å². The summed E-state index contributed by atoms with van der Waals surface area (Å²) in [5, 5.41) is 11.8. The normalized spacial score (nSPS) is 16.0. The summed E-state index contributed by atoms with van der Waals surface area (Å²) in [6.45, 7) is 1.84. The Balaban J connectivity index is 2.13. The molecule has 0 unspecified atom stereocenters. The van der Waals surface area contributed by atoms with Crippen molar-refractivity contribution in [2.24, 2.45) is 0 Å². The van der Waals surface area contributed by atoms with E-state index in [1.807, 2.05) is 13.0 Å². The molecule has 1 aliphatic rings. The predicted octanol–water partition coefficient (Wildman–Crippen LogP) is 3.16. The SMILES string of the molecule is Cc1c(C=CC(=O)O)cccc1C(=O)NC1CCCCC1. The van der Waals surface area contributed by atoms with E-state index in [1.165, 1.54) is 25.3 Å². The molecule has 0 bridgehead atoms. The Kier molecular flexibility index (Phi) is 5.14. The molecule has 1 aliphatic carbocycles. The molecule has 112 valence electrons. The molecule has 0 atom stereocenters. The van der Waals surface area contributed by atoms with Crippen molar-refractivity contribution >= 4 is 18.0 Å². The minimum Gasteiger partial charge on any atom is -0.478 e. The molecular formula is C17H21NO3. The van der Waals surface area contributed by atoms with E-state index in [1.54, 1.807) is 12.1 Å². The highest BCUT2D eigenvalue weighted by atomic mass is 16.4. The minimum absolute atomic E-state index is 0.0648. The zero-order valence-electron chi connectivity index (χ0n) is 12.3. The molecule has 4 heteroatoms. The number of rotatable bonds is 4. The zero-order valence-corrected chi connectivity index (χ0v) is 12.3. The van der Waals surface area contributed by atoms with Crippen molar-refractivity contribution in [2.75, 3.05) is 0 Å². The first-order valence-corrected chi connectivity index (χ1v) is 7.39. The van der Waals surface area contributed by atoms with Gasteiger partial charge in [-0.05, 0) is 43.0 Å². The Morgan fingerprint density at radius 1 is 1.24 bits per heavy atom. The number of carbonyl (C=O) groups is 2. The van der Waals surface area contributed by atoms with Gasteiger partial charge in [0.1, 0.15) is 0 Å². The molecule has 1 saturated carbocycles. The second-order valence-electron chi connectivity index (χ2n) is 5.50. The topological polar surface area (TPSA) is 66.4 Å². The van der Waals surface area contributed by atoms with Crippen molar-refractivity contribution in [3.05, 3.63) is 41.0 Å². The molecule has 0 radical (unpaired) electrons. The van der Waals surface area contributed by atoms with E-state index in [2.05, 4.69) is 5.32 Å². The molecule has 2 rings (SSSR count). The third-order valence-electron chi connectivity index (χ3n) is 3.97. The fraction of sp³-hybridized carbons (Fsp3) is 0.412. The molecule has 0 saturated heterocycles. The Morgan fingerprint density at radius 2 is 1.95 bits per heavy atom. The van der Waals surface area contributed by atoms with E-state index in [0.29, 0.717) is 5.56 Å². The van der Waals surface area contributed by atoms with Crippen LogP contribution in [0.25, 0.3) is 6.08 Å². The molecule has 0 aromatic heterocycles. The number of hydrogen-bond donors (Lipinski definition) is 2. The molecule has 2 N–H and O–H groups in total. The Morgan fingerprint density at radius 3 is 2.62 bits per heavy atom. The molecule has 0 aliphatic heterocycles. The summed E-state index contributed by atoms with van der Waals surface area (Å²) in [6, 6.07) is 5.64. The molecule has 1 fully saturated rings. The monoisotopic (exact) mass is 287 g/mol. The Labute approximate surface area is 124 Å². The van der Waals surface area contributed by atoms with Gasteiger partial charge in [0.25, 0.3) is 5.91 Å². The summed E-state index contributed by atoms with van der Waals surface area (Å²) >= 11 is 0. The Hall–Kier alpha value is -2.10. The molecule has 1 amide bonds. The lowest BCUT2D eigenvalue weighted by atomic mass is 9.94. The highest BCUT2D eigenvalue weighted by molar-refractivity contribution is 5.97. The highest BCUT2D eigenvalue weighted by Gasteiger charge is 2.18. The average Bonchev–Trinajstić information content (AvgIpc) is 2.47. The van der Waals surface area contributed by atoms with Crippen molar-refractivity contribution < 1.29 is 14.7 Å². The number of carboxylic acid groups (broad SMARTS) is 1. The van der Waals surface area contributed by atoms with Gasteiger partial charge in [-0.15, -0.1) is 0 Å². The predicted molar refractivity (Wildman–Crippen MR) is 82.2 cm³/mol. The first kappa shape index (κ1) is 15.3. The standard InChI is InChI=1S/C17H21NO3/c1-12-13(10-11-16(19)20)6-5-9-15(12)17(21)18-14-7-3-2-4-8-14/h5-6,9-11,14H,2-4,7-8H2,1H3,(H,18,21)(H,19,20). The van der Waals surface area contributed by atoms with Gasteiger partial charge >= 0.3 is 5.97 Å². The number of hydrogen-bond acceptors (Lipinski definition) is 2. The largest absolute Gasteiger partial charge is 0.478 e. The van der Waals surface area contributed by atoms with E-state index in [4.69, 9.17) is 5.11 Å². The molecule has 4 nitrogen and oxygen atoms in total. The van der Waals surface area contributed by atoms with Gasteiger partial charge in [-0.2, -0.15) is 0 Å². The quantitative estimate of drug-likeness (QED) is 0.836. The van der Waals surface area contributed by atoms with Crippen LogP contribution in [-0.2, 0) is 4.79 Å². The number of carboxylic acids is 1. The lowest BCUT2D eigenvalue weighted by Gasteiger charge is -2.23. The van der Waals surface area contributed by atoms with E-state index >= 15 is 0 Å². The Bertz CT molecular complexity index is 557. The fourth-order valence-electron chi connectivity index (χ4n) is 2.75. The third kappa shape index (κ3) is 4.18. The summed E-state index contributed by atoms with van der Waals surface area (Å²) in [5.41, 5.74) is 2.19. The summed E-state index contributed by atoms with van der Waals surface area (Å²) in [6.07, 6.45) is 8.30. The van der Waals surface area contributed by atoms with Gasteiger partial charge in [0.05, 0.1) is 0 Å². The van der Waals surface area contributed by atoms with Gasteiger partial charge in [0, 0.05) is 17.7 Å². The van der Waals surface area contributed by atoms with Crippen LogP contribution in [-0.4, -0.2) is 23.0 Å². The molecule has 1 aromatic rings. The van der Waals surface area contributed by atoms with Crippen molar-refractivity contribution in [2.45, 2.75) is 45.1 Å². The number of carbonyl (C=O) groups excluding carboxylic acids is 1. The summed E-state index contributed by atoms with van der Waals surface area (Å²) in [5.74, 6) is -1.06. The zero-order chi connectivity index (χ0) is 15.2. The summed E-state index contributed by atoms with van der Waals surface area (Å²) in [7, 11) is 0. The minimum atomic E-state index is -0.994. The van der Waals surface area contributed by atoms with Crippen LogP contribution in [0, 0.1) is 6.92 Å². The van der Waals surface area contributed by atoms with Gasteiger partial charge in [0.15, 0.2) is 0 Å². The van der Waals surface area contributed by atoms with Crippen molar-refractivity contribution in [1.29, 1.82) is 0 Å². The smallest absolute Gasteiger partial charge is 0.328 e. The van der Waals surface area contributed by atoms with Crippen LogP contribution in [0.4, 0.5) is 0 Å². The number of amides is 1. The van der Waals surface area contributed by atoms with E-state index in [9.17, 15) is 9.59 Å². The second-order valence-corrected chi connectivity index (χ2v) is 5.50. The van der Waals surface area contributed by atoms with Gasteiger partial charge in [-0.1, -0.05) is 31.4 Å². The molecular weight excluding hydrogens is 266 g/mol. The van der Waals surface area contributed by atoms with Crippen LogP contribution in [0.2, 0.25) is 0 Å². The van der Waals surface area contributed by atoms with Crippen LogP contribution >= 0.6 is 0 Å². The summed E-state index contributed by atoms with van der Waals surface area (Å²) < 4.78 is 0. The summed E-state index contributed by atoms with van der Waals surface area (Å²) in [4.78, 5) is 23.0. The lowest BCUT2D eigenvalue weighted by Crippen LogP contribution is -2.36. The van der Waals surface area contributed by atoms with Crippen LogP contribution in [0.1, 0.15) is 53.6 Å². The molecule has 0 heterocycles. The molecule has 1 aromatic carbocycles. The highest BCUT2D eigenvalue weighted by Crippen LogP contribution is 2.19. The van der Waals surface area contributed by atoms with E-state index < -0.39 is 5.97 Å². The van der Waals surface area contributed by atoms with E-state index in [-0.39, 0.29) is 11.9 Å². The van der Waals surface area contributed by atoms with Crippen LogP contribution < -0.4 is 5.32 Å². The first-order chi connectivity index (χ1) is 10.1. The van der Waals surface area contributed by atoms with Crippen molar-refractivity contribution in [1.82, 2.24) is 5.32 Å². The van der Waals surface area contributed by atoms with Gasteiger partial charge in [0.2, 0.25) is 0 Å². The van der Waals surface area contributed by atoms with Gasteiger partial charge in [-0.25, -0.2) is 4.79 Å². The maximum Gasteiger partial charge on any atom is 0.328 e. The van der Waals surface area contributed by atoms with E-state index in [0.717, 1.165) is 30.0 Å². The maximum atomic E-state index is 12.4. The first-order valence-electron chi connectivity index (χ1n) is 7.39. The average molecular weight is 287 g/mol. The molecule has 21 heavy (non-hydrogen) atoms. The second kappa shape index (κ2) is 7.07. The third-order valence-corrected chi connectivity index (χ3v) is 3.97. The number of benzene rings is 1. The molecule has 0 spiro atoms. The van der Waals surface area contributed by atoms with Crippen LogP contribution in [0.3, 0.4) is 0 Å². The van der Waals surface area contributed by atoms with Crippen molar-refractivity contribution in [3.63, 3.8) is 0 Å². The maximum absolute atomic E-state index is 12.4. The van der Waals surface area contributed by atoms with Gasteiger partial charge < -0.3 is 10.4 Å². The number of nitrogens with one attached hydrogen (secondary N) is 1.